The van der Waals surface area contributed by atoms with Gasteiger partial charge in [-0.2, -0.15) is 0 Å². The van der Waals surface area contributed by atoms with Gasteiger partial charge in [0.1, 0.15) is 0 Å². The van der Waals surface area contributed by atoms with E-state index in [-0.39, 0.29) is 0 Å². The first-order chi connectivity index (χ1) is 9.92. The van der Waals surface area contributed by atoms with E-state index in [9.17, 15) is 0 Å². The van der Waals surface area contributed by atoms with Crippen LogP contribution >= 0.6 is 23.1 Å². The van der Waals surface area contributed by atoms with Crippen LogP contribution in [0.15, 0.2) is 47.1 Å². The molecule has 0 saturated carbocycles. The van der Waals surface area contributed by atoms with Gasteiger partial charge in [0.15, 0.2) is 4.34 Å². The molecule has 4 nitrogen and oxygen atoms in total. The molecule has 0 amide bonds. The number of hydrogen-bond acceptors (Lipinski definition) is 6. The van der Waals surface area contributed by atoms with Gasteiger partial charge in [0.05, 0.1) is 10.2 Å². The molecule has 0 aliphatic carbocycles. The number of para-hydroxylation sites is 1. The summed E-state index contributed by atoms with van der Waals surface area (Å²) in [4.78, 5) is 12.9. The van der Waals surface area contributed by atoms with Crippen molar-refractivity contribution < 1.29 is 0 Å². The number of thioether (sulfide) groups is 1. The van der Waals surface area contributed by atoms with Crippen LogP contribution in [0.3, 0.4) is 0 Å². The van der Waals surface area contributed by atoms with Crippen LogP contribution < -0.4 is 5.32 Å². The van der Waals surface area contributed by atoms with Gasteiger partial charge < -0.3 is 5.32 Å². The summed E-state index contributed by atoms with van der Waals surface area (Å²) in [5, 5.41) is 3.20. The summed E-state index contributed by atoms with van der Waals surface area (Å²) in [5.74, 6) is 1.73. The van der Waals surface area contributed by atoms with E-state index in [2.05, 4.69) is 38.5 Å². The molecular formula is C14H14N4S2. The average molecular weight is 302 g/mol. The first-order valence-corrected chi connectivity index (χ1v) is 8.21. The van der Waals surface area contributed by atoms with Crippen LogP contribution in [-0.2, 0) is 0 Å². The second-order valence-electron chi connectivity index (χ2n) is 4.15. The minimum atomic E-state index is 0.692. The lowest BCUT2D eigenvalue weighted by atomic mass is 10.3. The van der Waals surface area contributed by atoms with E-state index in [0.29, 0.717) is 5.95 Å². The number of benzene rings is 1. The highest BCUT2D eigenvalue weighted by Gasteiger charge is 2.03. The van der Waals surface area contributed by atoms with E-state index >= 15 is 0 Å². The first kappa shape index (κ1) is 13.3. The summed E-state index contributed by atoms with van der Waals surface area (Å²) in [6.45, 7) is 0.877. The monoisotopic (exact) mass is 302 g/mol. The van der Waals surface area contributed by atoms with Crippen molar-refractivity contribution in [2.75, 3.05) is 17.6 Å². The molecule has 0 bridgehead atoms. The van der Waals surface area contributed by atoms with Gasteiger partial charge in [0.25, 0.3) is 0 Å². The smallest absolute Gasteiger partial charge is 0.222 e. The maximum Gasteiger partial charge on any atom is 0.222 e. The summed E-state index contributed by atoms with van der Waals surface area (Å²) >= 11 is 3.57. The summed E-state index contributed by atoms with van der Waals surface area (Å²) in [7, 11) is 0. The van der Waals surface area contributed by atoms with Gasteiger partial charge in [-0.3, -0.25) is 0 Å². The zero-order chi connectivity index (χ0) is 13.6. The van der Waals surface area contributed by atoms with Gasteiger partial charge >= 0.3 is 0 Å². The number of hydrogen-bond donors (Lipinski definition) is 1. The molecule has 102 valence electrons. The van der Waals surface area contributed by atoms with Crippen molar-refractivity contribution in [1.29, 1.82) is 0 Å². The van der Waals surface area contributed by atoms with Crippen LogP contribution in [0.5, 0.6) is 0 Å². The SMILES string of the molecule is c1cnc(NCCCSc2nc3ccccc3s2)nc1. The molecule has 3 aromatic rings. The summed E-state index contributed by atoms with van der Waals surface area (Å²) in [6.07, 6.45) is 4.54. The molecule has 0 aliphatic rings. The number of thiazole rings is 1. The number of rotatable bonds is 6. The molecule has 0 aliphatic heterocycles. The highest BCUT2D eigenvalue weighted by Crippen LogP contribution is 2.29. The van der Waals surface area contributed by atoms with E-state index in [4.69, 9.17) is 0 Å². The number of fused-ring (bicyclic) bond motifs is 1. The lowest BCUT2D eigenvalue weighted by molar-refractivity contribution is 0.961. The van der Waals surface area contributed by atoms with Crippen LogP contribution in [0.25, 0.3) is 10.2 Å². The molecule has 0 radical (unpaired) electrons. The lowest BCUT2D eigenvalue weighted by Gasteiger charge is -2.02. The van der Waals surface area contributed by atoms with E-state index in [1.165, 1.54) is 4.70 Å². The Morgan fingerprint density at radius 2 is 1.95 bits per heavy atom. The minimum Gasteiger partial charge on any atom is -0.354 e. The Balaban J connectivity index is 1.43. The third-order valence-corrected chi connectivity index (χ3v) is 4.94. The van der Waals surface area contributed by atoms with E-state index in [1.807, 2.05) is 23.9 Å². The maximum absolute atomic E-state index is 4.60. The Hall–Kier alpha value is -1.66. The predicted octanol–water partition coefficient (Wildman–Crippen LogP) is 3.68. The molecule has 3 rings (SSSR count). The Bertz CT molecular complexity index is 636. The summed E-state index contributed by atoms with van der Waals surface area (Å²) < 4.78 is 2.40. The molecule has 0 fully saturated rings. The van der Waals surface area contributed by atoms with Gasteiger partial charge in [0.2, 0.25) is 5.95 Å². The number of aromatic nitrogens is 3. The molecule has 2 heterocycles. The number of nitrogens with zero attached hydrogens (tertiary/aromatic N) is 3. The Morgan fingerprint density at radius 3 is 2.80 bits per heavy atom. The Kier molecular flexibility index (Phi) is 4.45. The zero-order valence-electron chi connectivity index (χ0n) is 10.8. The van der Waals surface area contributed by atoms with Crippen LogP contribution in [0.1, 0.15) is 6.42 Å². The predicted molar refractivity (Wildman–Crippen MR) is 85.5 cm³/mol. The topological polar surface area (TPSA) is 50.7 Å². The van der Waals surface area contributed by atoms with Crippen LogP contribution in [-0.4, -0.2) is 27.2 Å². The third kappa shape index (κ3) is 3.46. The molecule has 0 unspecified atom stereocenters. The quantitative estimate of drug-likeness (QED) is 0.556. The fourth-order valence-electron chi connectivity index (χ4n) is 1.74. The van der Waals surface area contributed by atoms with Crippen molar-refractivity contribution >= 4 is 39.3 Å². The van der Waals surface area contributed by atoms with Crippen molar-refractivity contribution in [2.45, 2.75) is 10.8 Å². The second-order valence-corrected chi connectivity index (χ2v) is 6.52. The Morgan fingerprint density at radius 1 is 1.10 bits per heavy atom. The number of nitrogens with one attached hydrogen (secondary N) is 1. The second kappa shape index (κ2) is 6.67. The largest absolute Gasteiger partial charge is 0.354 e. The molecule has 0 spiro atoms. The van der Waals surface area contributed by atoms with Crippen LogP contribution in [0.2, 0.25) is 0 Å². The first-order valence-electron chi connectivity index (χ1n) is 6.41. The van der Waals surface area contributed by atoms with E-state index in [0.717, 1.165) is 28.6 Å². The van der Waals surface area contributed by atoms with Gasteiger partial charge in [-0.05, 0) is 24.6 Å². The van der Waals surface area contributed by atoms with Crippen molar-refractivity contribution in [2.24, 2.45) is 0 Å². The van der Waals surface area contributed by atoms with Gasteiger partial charge in [-0.1, -0.05) is 23.9 Å². The Labute approximate surface area is 125 Å². The van der Waals surface area contributed by atoms with Gasteiger partial charge in [-0.25, -0.2) is 15.0 Å². The van der Waals surface area contributed by atoms with Crippen molar-refractivity contribution in [3.8, 4) is 0 Å². The lowest BCUT2D eigenvalue weighted by Crippen LogP contribution is -2.05. The highest BCUT2D eigenvalue weighted by atomic mass is 32.2. The van der Waals surface area contributed by atoms with Gasteiger partial charge in [-0.15, -0.1) is 11.3 Å². The molecular weight excluding hydrogens is 288 g/mol. The standard InChI is InChI=1S/C14H14N4S2/c1-2-6-12-11(5-1)18-14(20-12)19-10-4-9-17-13-15-7-3-8-16-13/h1-3,5-8H,4,9-10H2,(H,15,16,17). The van der Waals surface area contributed by atoms with Crippen molar-refractivity contribution in [3.63, 3.8) is 0 Å². The highest BCUT2D eigenvalue weighted by molar-refractivity contribution is 8.01. The molecule has 6 heteroatoms. The number of anilines is 1. The normalized spacial score (nSPS) is 10.8. The summed E-state index contributed by atoms with van der Waals surface area (Å²) in [6, 6.07) is 10.1. The fraction of sp³-hybridized carbons (Fsp3) is 0.214. The van der Waals surface area contributed by atoms with E-state index in [1.54, 1.807) is 23.7 Å². The maximum atomic E-state index is 4.60. The summed E-state index contributed by atoms with van der Waals surface area (Å²) in [5.41, 5.74) is 1.09. The van der Waals surface area contributed by atoms with Crippen molar-refractivity contribution in [3.05, 3.63) is 42.7 Å². The minimum absolute atomic E-state index is 0.692. The van der Waals surface area contributed by atoms with Crippen LogP contribution in [0.4, 0.5) is 5.95 Å². The zero-order valence-corrected chi connectivity index (χ0v) is 12.5. The fourth-order valence-corrected chi connectivity index (χ4v) is 3.81. The molecule has 1 N–H and O–H groups in total. The molecule has 0 atom stereocenters. The molecule has 2 aromatic heterocycles. The van der Waals surface area contributed by atoms with Crippen molar-refractivity contribution in [1.82, 2.24) is 15.0 Å². The molecule has 1 aromatic carbocycles. The van der Waals surface area contributed by atoms with Crippen LogP contribution in [0, 0.1) is 0 Å². The average Bonchev–Trinajstić information content (AvgIpc) is 2.90. The molecule has 20 heavy (non-hydrogen) atoms. The van der Waals surface area contributed by atoms with E-state index < -0.39 is 0 Å². The molecule has 0 saturated heterocycles. The third-order valence-electron chi connectivity index (χ3n) is 2.67. The van der Waals surface area contributed by atoms with Gasteiger partial charge in [0, 0.05) is 24.7 Å².